The fourth-order valence-corrected chi connectivity index (χ4v) is 5.04. The number of aryl methyl sites for hydroxylation is 1. The van der Waals surface area contributed by atoms with Crippen LogP contribution in [0.4, 0.5) is 18.0 Å². The number of likely N-dealkylation sites (tertiary alicyclic amines) is 2. The van der Waals surface area contributed by atoms with E-state index in [2.05, 4.69) is 26.8 Å². The molecule has 32 heavy (non-hydrogen) atoms. The number of hydrogen-bond donors (Lipinski definition) is 0. The summed E-state index contributed by atoms with van der Waals surface area (Å²) in [6.45, 7) is 5.22. The molecule has 1 amide bonds. The van der Waals surface area contributed by atoms with Crippen LogP contribution in [0.5, 0.6) is 0 Å². The normalized spacial score (nSPS) is 20.1. The lowest BCUT2D eigenvalue weighted by atomic mass is 9.85. The number of aromatic nitrogens is 1. The molecule has 0 N–H and O–H groups in total. The van der Waals surface area contributed by atoms with E-state index in [0.29, 0.717) is 37.6 Å². The highest BCUT2D eigenvalue weighted by molar-refractivity contribution is 6.30. The van der Waals surface area contributed by atoms with Gasteiger partial charge in [0.25, 0.3) is 0 Å². The van der Waals surface area contributed by atoms with Crippen molar-refractivity contribution in [3.05, 3.63) is 40.5 Å². The molecule has 1 aromatic carbocycles. The highest BCUT2D eigenvalue weighted by atomic mass is 35.5. The smallest absolute Gasteiger partial charge is 0.425 e. The molecule has 2 aromatic rings. The van der Waals surface area contributed by atoms with Crippen molar-refractivity contribution < 1.29 is 22.7 Å². The minimum absolute atomic E-state index is 0.0860. The minimum atomic E-state index is -4.55. The Morgan fingerprint density at radius 1 is 1.22 bits per heavy atom. The van der Waals surface area contributed by atoms with E-state index in [1.54, 1.807) is 0 Å². The van der Waals surface area contributed by atoms with Gasteiger partial charge in [0.05, 0.1) is 5.52 Å². The SMILES string of the molecule is Cc1ccc2nc(Cl)c(CN3CCCC34CCN(C(=O)OC(C)C(F)(F)F)CC4)cc2c1. The molecular formula is C23H27ClF3N3O2. The molecular weight excluding hydrogens is 443 g/mol. The Hall–Kier alpha value is -2.06. The van der Waals surface area contributed by atoms with E-state index in [0.717, 1.165) is 48.3 Å². The molecule has 1 spiro atoms. The fraction of sp³-hybridized carbons (Fsp3) is 0.565. The molecule has 2 aliphatic heterocycles. The van der Waals surface area contributed by atoms with E-state index in [-0.39, 0.29) is 5.54 Å². The maximum atomic E-state index is 12.7. The van der Waals surface area contributed by atoms with Gasteiger partial charge in [0, 0.05) is 36.1 Å². The van der Waals surface area contributed by atoms with Gasteiger partial charge < -0.3 is 9.64 Å². The zero-order valence-corrected chi connectivity index (χ0v) is 19.0. The van der Waals surface area contributed by atoms with E-state index in [4.69, 9.17) is 11.6 Å². The second-order valence-electron chi connectivity index (χ2n) is 8.94. The second-order valence-corrected chi connectivity index (χ2v) is 9.30. The zero-order valence-electron chi connectivity index (χ0n) is 18.2. The topological polar surface area (TPSA) is 45.7 Å². The molecule has 1 unspecified atom stereocenters. The third-order valence-electron chi connectivity index (χ3n) is 6.79. The van der Waals surface area contributed by atoms with Crippen LogP contribution in [0.25, 0.3) is 10.9 Å². The number of carbonyl (C=O) groups is 1. The second kappa shape index (κ2) is 8.71. The molecule has 2 fully saturated rings. The van der Waals surface area contributed by atoms with E-state index >= 15 is 0 Å². The van der Waals surface area contributed by atoms with Crippen LogP contribution in [-0.4, -0.2) is 58.3 Å². The van der Waals surface area contributed by atoms with Crippen molar-refractivity contribution in [2.75, 3.05) is 19.6 Å². The number of hydrogen-bond acceptors (Lipinski definition) is 4. The number of pyridine rings is 1. The van der Waals surface area contributed by atoms with Crippen LogP contribution in [0.3, 0.4) is 0 Å². The lowest BCUT2D eigenvalue weighted by Crippen LogP contribution is -2.53. The third kappa shape index (κ3) is 4.66. The maximum absolute atomic E-state index is 12.7. The molecule has 174 valence electrons. The van der Waals surface area contributed by atoms with Crippen molar-refractivity contribution >= 4 is 28.6 Å². The number of carbonyl (C=O) groups excluding carboxylic acids is 1. The zero-order chi connectivity index (χ0) is 23.1. The van der Waals surface area contributed by atoms with Gasteiger partial charge in [-0.25, -0.2) is 9.78 Å². The lowest BCUT2D eigenvalue weighted by molar-refractivity contribution is -0.200. The van der Waals surface area contributed by atoms with E-state index in [1.807, 2.05) is 19.1 Å². The Morgan fingerprint density at radius 2 is 1.94 bits per heavy atom. The third-order valence-corrected chi connectivity index (χ3v) is 7.12. The van der Waals surface area contributed by atoms with Crippen molar-refractivity contribution in [1.82, 2.24) is 14.8 Å². The van der Waals surface area contributed by atoms with Gasteiger partial charge in [-0.1, -0.05) is 23.2 Å². The van der Waals surface area contributed by atoms with Gasteiger partial charge in [0.1, 0.15) is 5.15 Å². The van der Waals surface area contributed by atoms with Crippen LogP contribution >= 0.6 is 11.6 Å². The number of rotatable bonds is 3. The van der Waals surface area contributed by atoms with E-state index in [9.17, 15) is 18.0 Å². The van der Waals surface area contributed by atoms with Crippen LogP contribution in [0.15, 0.2) is 24.3 Å². The Labute approximate surface area is 190 Å². The van der Waals surface area contributed by atoms with Crippen LogP contribution in [-0.2, 0) is 11.3 Å². The monoisotopic (exact) mass is 469 g/mol. The summed E-state index contributed by atoms with van der Waals surface area (Å²) in [5.41, 5.74) is 2.90. The fourth-order valence-electron chi connectivity index (χ4n) is 4.84. The molecule has 5 nitrogen and oxygen atoms in total. The summed E-state index contributed by atoms with van der Waals surface area (Å²) in [5.74, 6) is 0. The lowest BCUT2D eigenvalue weighted by Gasteiger charge is -2.45. The summed E-state index contributed by atoms with van der Waals surface area (Å²) in [7, 11) is 0. The van der Waals surface area contributed by atoms with Gasteiger partial charge in [-0.15, -0.1) is 0 Å². The number of ether oxygens (including phenoxy) is 1. The molecule has 9 heteroatoms. The van der Waals surface area contributed by atoms with Gasteiger partial charge in [0.2, 0.25) is 0 Å². The molecule has 2 aliphatic rings. The van der Waals surface area contributed by atoms with Gasteiger partial charge in [-0.2, -0.15) is 13.2 Å². The maximum Gasteiger partial charge on any atom is 0.425 e. The quantitative estimate of drug-likeness (QED) is 0.540. The Balaban J connectivity index is 1.44. The van der Waals surface area contributed by atoms with Crippen LogP contribution < -0.4 is 0 Å². The average molecular weight is 470 g/mol. The van der Waals surface area contributed by atoms with Crippen LogP contribution in [0.1, 0.15) is 43.7 Å². The molecule has 3 heterocycles. The molecule has 1 aromatic heterocycles. The van der Waals surface area contributed by atoms with Crippen molar-refractivity contribution in [1.29, 1.82) is 0 Å². The first-order valence-electron chi connectivity index (χ1n) is 10.9. The molecule has 0 aliphatic carbocycles. The standard InChI is InChI=1S/C23H27ClF3N3O2/c1-15-4-5-19-17(12-15)13-18(20(24)28-19)14-30-9-3-6-22(30)7-10-29(11-8-22)21(31)32-16(2)23(25,26)27/h4-5,12-13,16H,3,6-11,14H2,1-2H3. The first kappa shape index (κ1) is 23.1. The summed E-state index contributed by atoms with van der Waals surface area (Å²) in [6, 6.07) is 8.16. The van der Waals surface area contributed by atoms with Crippen molar-refractivity contribution in [3.8, 4) is 0 Å². The first-order valence-corrected chi connectivity index (χ1v) is 11.3. The van der Waals surface area contributed by atoms with Crippen LogP contribution in [0.2, 0.25) is 5.15 Å². The summed E-state index contributed by atoms with van der Waals surface area (Å²) in [6.07, 6.45) is -4.15. The highest BCUT2D eigenvalue weighted by Gasteiger charge is 2.45. The first-order chi connectivity index (χ1) is 15.1. The summed E-state index contributed by atoms with van der Waals surface area (Å²) >= 11 is 6.50. The van der Waals surface area contributed by atoms with Gasteiger partial charge >= 0.3 is 12.3 Å². The molecule has 2 saturated heterocycles. The van der Waals surface area contributed by atoms with Gasteiger partial charge in [-0.3, -0.25) is 4.90 Å². The van der Waals surface area contributed by atoms with Gasteiger partial charge in [0.15, 0.2) is 6.10 Å². The molecule has 0 radical (unpaired) electrons. The predicted molar refractivity (Wildman–Crippen MR) is 117 cm³/mol. The summed E-state index contributed by atoms with van der Waals surface area (Å²) in [5, 5.41) is 1.54. The minimum Gasteiger partial charge on any atom is -0.437 e. The highest BCUT2D eigenvalue weighted by Crippen LogP contribution is 2.40. The molecule has 0 bridgehead atoms. The van der Waals surface area contributed by atoms with E-state index in [1.165, 1.54) is 4.90 Å². The summed E-state index contributed by atoms with van der Waals surface area (Å²) in [4.78, 5) is 20.5. The largest absolute Gasteiger partial charge is 0.437 e. The average Bonchev–Trinajstić information content (AvgIpc) is 3.10. The number of benzene rings is 1. The van der Waals surface area contributed by atoms with E-state index < -0.39 is 18.4 Å². The number of fused-ring (bicyclic) bond motifs is 1. The Morgan fingerprint density at radius 3 is 2.62 bits per heavy atom. The number of halogens is 4. The number of alkyl halides is 3. The molecule has 4 rings (SSSR count). The predicted octanol–water partition coefficient (Wildman–Crippen LogP) is 5.71. The van der Waals surface area contributed by atoms with Crippen molar-refractivity contribution in [3.63, 3.8) is 0 Å². The van der Waals surface area contributed by atoms with Gasteiger partial charge in [-0.05, 0) is 64.3 Å². The number of piperidine rings is 1. The van der Waals surface area contributed by atoms with Crippen molar-refractivity contribution in [2.24, 2.45) is 0 Å². The number of nitrogens with zero attached hydrogens (tertiary/aromatic N) is 3. The number of amides is 1. The van der Waals surface area contributed by atoms with Crippen molar-refractivity contribution in [2.45, 2.75) is 63.9 Å². The Bertz CT molecular complexity index is 1010. The molecule has 1 atom stereocenters. The van der Waals surface area contributed by atoms with Crippen LogP contribution in [0, 0.1) is 6.92 Å². The Kier molecular flexibility index (Phi) is 6.29. The molecule has 0 saturated carbocycles. The summed E-state index contributed by atoms with van der Waals surface area (Å²) < 4.78 is 42.7.